The zero-order valence-corrected chi connectivity index (χ0v) is 31.1. The first-order valence-electron chi connectivity index (χ1n) is 19.2. The summed E-state index contributed by atoms with van der Waals surface area (Å²) in [5, 5.41) is 54.9. The molecule has 54 heavy (non-hydrogen) atoms. The number of aliphatic hydroxyl groups is 3. The first kappa shape index (κ1) is 37.8. The fraction of sp³-hybridized carbons (Fsp3) is 0.455. The number of benzene rings is 4. The van der Waals surface area contributed by atoms with E-state index in [9.17, 15) is 25.5 Å². The summed E-state index contributed by atoms with van der Waals surface area (Å²) in [5.41, 5.74) is 5.34. The van der Waals surface area contributed by atoms with E-state index in [0.717, 1.165) is 53.5 Å². The molecule has 10 nitrogen and oxygen atoms in total. The molecule has 7 rings (SSSR count). The maximum absolute atomic E-state index is 12.4. The number of ether oxygens (including phenoxy) is 5. The Morgan fingerprint density at radius 3 is 2.39 bits per heavy atom. The lowest BCUT2D eigenvalue weighted by molar-refractivity contribution is -0.0890. The number of rotatable bonds is 14. The molecule has 0 saturated heterocycles. The van der Waals surface area contributed by atoms with Crippen LogP contribution in [0.5, 0.6) is 34.5 Å². The molecule has 5 N–H and O–H groups in total. The van der Waals surface area contributed by atoms with Crippen molar-refractivity contribution in [1.82, 2.24) is 0 Å². The third kappa shape index (κ3) is 7.98. The largest absolute Gasteiger partial charge is 0.508 e. The fourth-order valence-corrected chi connectivity index (χ4v) is 8.63. The molecule has 288 valence electrons. The van der Waals surface area contributed by atoms with Gasteiger partial charge in [-0.1, -0.05) is 18.2 Å². The summed E-state index contributed by atoms with van der Waals surface area (Å²) < 4.78 is 31.0. The highest BCUT2D eigenvalue weighted by Gasteiger charge is 2.48. The third-order valence-electron chi connectivity index (χ3n) is 11.3. The first-order valence-corrected chi connectivity index (χ1v) is 19.2. The van der Waals surface area contributed by atoms with Crippen LogP contribution in [0, 0.1) is 11.8 Å². The minimum Gasteiger partial charge on any atom is -0.508 e. The Morgan fingerprint density at radius 1 is 0.815 bits per heavy atom. The van der Waals surface area contributed by atoms with E-state index in [-0.39, 0.29) is 30.8 Å². The molecule has 4 aromatic rings. The van der Waals surface area contributed by atoms with Gasteiger partial charge in [-0.05, 0) is 122 Å². The number of aliphatic hydroxyl groups excluding tert-OH is 3. The van der Waals surface area contributed by atoms with Gasteiger partial charge in [0.15, 0.2) is 0 Å². The Bertz CT molecular complexity index is 1900. The van der Waals surface area contributed by atoms with Crippen molar-refractivity contribution in [2.75, 3.05) is 34.0 Å². The van der Waals surface area contributed by atoms with Crippen LogP contribution in [0.2, 0.25) is 0 Å². The molecule has 0 bridgehead atoms. The molecule has 0 unspecified atom stereocenters. The lowest BCUT2D eigenvalue weighted by Gasteiger charge is -2.45. The van der Waals surface area contributed by atoms with Crippen molar-refractivity contribution >= 4 is 0 Å². The Labute approximate surface area is 316 Å². The van der Waals surface area contributed by atoms with E-state index in [1.165, 1.54) is 0 Å². The van der Waals surface area contributed by atoms with Gasteiger partial charge in [0.2, 0.25) is 0 Å². The van der Waals surface area contributed by atoms with Crippen molar-refractivity contribution in [2.45, 2.75) is 82.2 Å². The standard InChI is InChI=1S/C44H52O10/c1-50-17-7-13-38-41(43(49)35-24-39(51-2)27(9-6-16-45)22-40(35)54-38)37-25-52-44-29(21-33(23-36(44)42(37)48)53-32-11-3-4-12-32)18-28-20-31(47)14-15-34(28)26-8-5-10-30(46)19-26/h5,8,10,14-15,19-24,32,37-38,41-43,45-49H,3-4,6-7,9,11-13,16-18,25H2,1-2H3/t37-,38+,41+,42+,43-/m0/s1. The zero-order valence-electron chi connectivity index (χ0n) is 31.1. The average Bonchev–Trinajstić information content (AvgIpc) is 3.68. The van der Waals surface area contributed by atoms with Crippen LogP contribution >= 0.6 is 0 Å². The second-order valence-corrected chi connectivity index (χ2v) is 14.9. The Morgan fingerprint density at radius 2 is 1.63 bits per heavy atom. The number of phenols is 2. The number of fused-ring (bicyclic) bond motifs is 2. The lowest BCUT2D eigenvalue weighted by atomic mass is 9.72. The summed E-state index contributed by atoms with van der Waals surface area (Å²) in [6.07, 6.45) is 4.57. The maximum atomic E-state index is 12.4. The maximum Gasteiger partial charge on any atom is 0.128 e. The Balaban J connectivity index is 1.27. The second-order valence-electron chi connectivity index (χ2n) is 14.9. The molecule has 0 spiro atoms. The Kier molecular flexibility index (Phi) is 11.8. The van der Waals surface area contributed by atoms with Crippen molar-refractivity contribution in [2.24, 2.45) is 11.8 Å². The number of hydrogen-bond donors (Lipinski definition) is 5. The molecule has 3 aliphatic rings. The van der Waals surface area contributed by atoms with Crippen molar-refractivity contribution in [3.63, 3.8) is 0 Å². The first-order chi connectivity index (χ1) is 26.3. The van der Waals surface area contributed by atoms with Gasteiger partial charge in [0.1, 0.15) is 40.6 Å². The molecule has 5 atom stereocenters. The van der Waals surface area contributed by atoms with Crippen LogP contribution in [0.15, 0.2) is 66.7 Å². The van der Waals surface area contributed by atoms with E-state index < -0.39 is 30.1 Å². The van der Waals surface area contributed by atoms with Gasteiger partial charge >= 0.3 is 0 Å². The Hall–Kier alpha value is -4.48. The van der Waals surface area contributed by atoms with Crippen molar-refractivity contribution in [1.29, 1.82) is 0 Å². The van der Waals surface area contributed by atoms with E-state index in [4.69, 9.17) is 23.7 Å². The smallest absolute Gasteiger partial charge is 0.128 e. The summed E-state index contributed by atoms with van der Waals surface area (Å²) in [6, 6.07) is 19.8. The predicted molar refractivity (Wildman–Crippen MR) is 204 cm³/mol. The molecule has 2 aliphatic heterocycles. The highest BCUT2D eigenvalue weighted by atomic mass is 16.5. The number of methoxy groups -OCH3 is 2. The van der Waals surface area contributed by atoms with Crippen LogP contribution in [-0.2, 0) is 17.6 Å². The third-order valence-corrected chi connectivity index (χ3v) is 11.3. The van der Waals surface area contributed by atoms with Crippen molar-refractivity contribution < 1.29 is 49.2 Å². The number of phenolic OH excluding ortho intramolecular Hbond substituents is 2. The van der Waals surface area contributed by atoms with Gasteiger partial charge in [0, 0.05) is 55.3 Å². The molecule has 10 heteroatoms. The molecule has 4 aromatic carbocycles. The van der Waals surface area contributed by atoms with Crippen LogP contribution in [0.1, 0.15) is 85.0 Å². The average molecular weight is 741 g/mol. The normalized spacial score (nSPS) is 22.2. The van der Waals surface area contributed by atoms with Crippen LogP contribution < -0.4 is 18.9 Å². The van der Waals surface area contributed by atoms with Gasteiger partial charge in [-0.3, -0.25) is 0 Å². The number of hydrogen-bond acceptors (Lipinski definition) is 10. The SMILES string of the molecule is COCCC[C@H]1Oc2cc(CCCO)c(OC)cc2[C@H](O)[C@@H]1[C@@H]1COc2c(Cc3cc(O)ccc3-c3cccc(O)c3)cc(OC3CCCC3)cc2[C@H]1O. The molecule has 0 aromatic heterocycles. The van der Waals surface area contributed by atoms with Gasteiger partial charge in [-0.15, -0.1) is 0 Å². The minimum atomic E-state index is -1.02. The molecule has 2 heterocycles. The van der Waals surface area contributed by atoms with Gasteiger partial charge in [0.25, 0.3) is 0 Å². The molecule has 1 saturated carbocycles. The van der Waals surface area contributed by atoms with Gasteiger partial charge in [-0.2, -0.15) is 0 Å². The fourth-order valence-electron chi connectivity index (χ4n) is 8.63. The predicted octanol–water partition coefficient (Wildman–Crippen LogP) is 7.19. The topological polar surface area (TPSA) is 147 Å². The van der Waals surface area contributed by atoms with Crippen LogP contribution in [0.3, 0.4) is 0 Å². The summed E-state index contributed by atoms with van der Waals surface area (Å²) in [4.78, 5) is 0. The lowest BCUT2D eigenvalue weighted by Crippen LogP contribution is -2.46. The summed E-state index contributed by atoms with van der Waals surface area (Å²) in [6.45, 7) is 0.710. The van der Waals surface area contributed by atoms with Gasteiger partial charge in [-0.25, -0.2) is 0 Å². The van der Waals surface area contributed by atoms with Crippen LogP contribution in [0.25, 0.3) is 11.1 Å². The molecule has 1 fully saturated rings. The van der Waals surface area contributed by atoms with Gasteiger partial charge < -0.3 is 49.2 Å². The highest BCUT2D eigenvalue weighted by molar-refractivity contribution is 5.70. The molecule has 0 radical (unpaired) electrons. The quantitative estimate of drug-likeness (QED) is 0.0842. The van der Waals surface area contributed by atoms with E-state index >= 15 is 0 Å². The van der Waals surface area contributed by atoms with Gasteiger partial charge in [0.05, 0.1) is 32.0 Å². The molecule has 1 aliphatic carbocycles. The van der Waals surface area contributed by atoms with E-state index in [1.807, 2.05) is 36.4 Å². The van der Waals surface area contributed by atoms with Crippen molar-refractivity contribution in [3.8, 4) is 45.6 Å². The molecular formula is C44H52O10. The van der Waals surface area contributed by atoms with E-state index in [2.05, 4.69) is 0 Å². The van der Waals surface area contributed by atoms with Crippen LogP contribution in [0.4, 0.5) is 0 Å². The second kappa shape index (κ2) is 16.9. The van der Waals surface area contributed by atoms with E-state index in [1.54, 1.807) is 44.6 Å². The van der Waals surface area contributed by atoms with E-state index in [0.29, 0.717) is 72.8 Å². The van der Waals surface area contributed by atoms with Crippen molar-refractivity contribution in [3.05, 3.63) is 94.5 Å². The van der Waals surface area contributed by atoms with Crippen LogP contribution in [-0.4, -0.2) is 71.8 Å². The highest BCUT2D eigenvalue weighted by Crippen LogP contribution is 2.52. The summed E-state index contributed by atoms with van der Waals surface area (Å²) >= 11 is 0. The minimum absolute atomic E-state index is 0.0498. The zero-order chi connectivity index (χ0) is 37.8. The summed E-state index contributed by atoms with van der Waals surface area (Å²) in [7, 11) is 3.25. The number of aromatic hydroxyl groups is 2. The summed E-state index contributed by atoms with van der Waals surface area (Å²) in [5.74, 6) is 1.58. The number of aryl methyl sites for hydroxylation is 1. The molecular weight excluding hydrogens is 688 g/mol. The monoisotopic (exact) mass is 740 g/mol. The molecule has 0 amide bonds.